The number of fused-ring (bicyclic) bond motifs is 1. The molecule has 1 aliphatic rings. The molecule has 2 heterocycles. The van der Waals surface area contributed by atoms with Crippen molar-refractivity contribution in [2.75, 3.05) is 11.9 Å². The molecule has 27 heavy (non-hydrogen) atoms. The predicted molar refractivity (Wildman–Crippen MR) is 101 cm³/mol. The lowest BCUT2D eigenvalue weighted by molar-refractivity contribution is -0.116. The van der Waals surface area contributed by atoms with Crippen LogP contribution in [0.3, 0.4) is 0 Å². The van der Waals surface area contributed by atoms with Crippen LogP contribution in [0, 0.1) is 17.2 Å². The molecule has 2 aromatic heterocycles. The van der Waals surface area contributed by atoms with E-state index < -0.39 is 6.09 Å². The van der Waals surface area contributed by atoms with Crippen molar-refractivity contribution in [1.82, 2.24) is 4.98 Å². The Balaban J connectivity index is 1.64. The zero-order valence-corrected chi connectivity index (χ0v) is 15.6. The van der Waals surface area contributed by atoms with Crippen LogP contribution in [0.2, 0.25) is 0 Å². The van der Waals surface area contributed by atoms with E-state index in [0.29, 0.717) is 29.8 Å². The number of ether oxygens (including phenoxy) is 1. The third-order valence-corrected chi connectivity index (χ3v) is 5.73. The summed E-state index contributed by atoms with van der Waals surface area (Å²) in [6, 6.07) is 6.00. The van der Waals surface area contributed by atoms with Crippen LogP contribution >= 0.6 is 11.3 Å². The first-order valence-electron chi connectivity index (χ1n) is 8.72. The van der Waals surface area contributed by atoms with Gasteiger partial charge in [-0.25, -0.2) is 4.79 Å². The number of nitrogens with zero attached hydrogens (tertiary/aromatic N) is 2. The number of nitrogens with two attached hydrogens (primary N) is 1. The number of carbonyl (C=O) groups is 2. The first kappa shape index (κ1) is 18.9. The summed E-state index contributed by atoms with van der Waals surface area (Å²) >= 11 is 1.44. The van der Waals surface area contributed by atoms with E-state index in [1.54, 1.807) is 12.4 Å². The maximum absolute atomic E-state index is 12.3. The lowest BCUT2D eigenvalue weighted by atomic mass is 9.88. The summed E-state index contributed by atoms with van der Waals surface area (Å²) in [7, 11) is 0. The second kappa shape index (κ2) is 8.64. The molecule has 0 saturated carbocycles. The minimum absolute atomic E-state index is 0.123. The van der Waals surface area contributed by atoms with Crippen molar-refractivity contribution in [2.24, 2.45) is 11.7 Å². The van der Waals surface area contributed by atoms with Crippen LogP contribution in [0.5, 0.6) is 0 Å². The molecule has 1 unspecified atom stereocenters. The molecule has 2 aromatic rings. The minimum Gasteiger partial charge on any atom is -0.449 e. The molecule has 0 bridgehead atoms. The van der Waals surface area contributed by atoms with Crippen molar-refractivity contribution in [3.8, 4) is 6.07 Å². The molecule has 7 nitrogen and oxygen atoms in total. The van der Waals surface area contributed by atoms with Crippen LogP contribution in [-0.4, -0.2) is 23.6 Å². The van der Waals surface area contributed by atoms with E-state index in [0.717, 1.165) is 28.8 Å². The van der Waals surface area contributed by atoms with Crippen molar-refractivity contribution in [2.45, 2.75) is 32.1 Å². The number of anilines is 1. The van der Waals surface area contributed by atoms with Crippen LogP contribution in [0.1, 0.15) is 34.4 Å². The largest absolute Gasteiger partial charge is 0.449 e. The number of pyridine rings is 1. The number of rotatable bonds is 6. The highest BCUT2D eigenvalue weighted by molar-refractivity contribution is 7.16. The number of aryl methyl sites for hydroxylation is 1. The second-order valence-corrected chi connectivity index (χ2v) is 7.57. The molecule has 0 spiro atoms. The summed E-state index contributed by atoms with van der Waals surface area (Å²) in [6.07, 6.45) is 5.85. The standard InChI is InChI=1S/C19H20N4O3S/c20-9-15-14-5-3-13(11-26-19(21)25)8-16(14)27-18(15)23-17(24)6-4-12-2-1-7-22-10-12/h1-2,7,10,13H,3-6,8,11H2,(H2,21,25)(H,23,24). The Kier molecular flexibility index (Phi) is 6.04. The van der Waals surface area contributed by atoms with E-state index in [4.69, 9.17) is 10.5 Å². The van der Waals surface area contributed by atoms with Gasteiger partial charge in [0, 0.05) is 23.7 Å². The van der Waals surface area contributed by atoms with E-state index in [9.17, 15) is 14.9 Å². The van der Waals surface area contributed by atoms with Gasteiger partial charge in [-0.05, 0) is 48.8 Å². The van der Waals surface area contributed by atoms with E-state index in [2.05, 4.69) is 16.4 Å². The van der Waals surface area contributed by atoms with Crippen LogP contribution < -0.4 is 11.1 Å². The summed E-state index contributed by atoms with van der Waals surface area (Å²) in [5, 5.41) is 13.0. The first-order chi connectivity index (χ1) is 13.1. The van der Waals surface area contributed by atoms with Gasteiger partial charge in [-0.1, -0.05) is 6.07 Å². The number of hydrogen-bond donors (Lipinski definition) is 2. The Morgan fingerprint density at radius 3 is 3.04 bits per heavy atom. The smallest absolute Gasteiger partial charge is 0.404 e. The summed E-state index contributed by atoms with van der Waals surface area (Å²) in [5.74, 6) is 0.0619. The van der Waals surface area contributed by atoms with Gasteiger partial charge in [0.1, 0.15) is 11.1 Å². The van der Waals surface area contributed by atoms with Gasteiger partial charge in [-0.15, -0.1) is 11.3 Å². The number of thiophene rings is 1. The molecule has 1 aliphatic carbocycles. The molecule has 8 heteroatoms. The average Bonchev–Trinajstić information content (AvgIpc) is 3.01. The maximum atomic E-state index is 12.3. The van der Waals surface area contributed by atoms with E-state index >= 15 is 0 Å². The number of carbonyl (C=O) groups excluding carboxylic acids is 2. The number of nitrogens with one attached hydrogen (secondary N) is 1. The summed E-state index contributed by atoms with van der Waals surface area (Å²) in [4.78, 5) is 28.2. The number of primary amides is 1. The lowest BCUT2D eigenvalue weighted by Gasteiger charge is -2.21. The minimum atomic E-state index is -0.772. The molecule has 0 aliphatic heterocycles. The normalized spacial score (nSPS) is 15.4. The predicted octanol–water partition coefficient (Wildman–Crippen LogP) is 2.79. The van der Waals surface area contributed by atoms with Gasteiger partial charge < -0.3 is 15.8 Å². The topological polar surface area (TPSA) is 118 Å². The highest BCUT2D eigenvalue weighted by atomic mass is 32.1. The Bertz CT molecular complexity index is 873. The summed E-state index contributed by atoms with van der Waals surface area (Å²) < 4.78 is 4.90. The molecule has 3 N–H and O–H groups in total. The van der Waals surface area contributed by atoms with Gasteiger partial charge in [-0.3, -0.25) is 9.78 Å². The Labute approximate surface area is 161 Å². The van der Waals surface area contributed by atoms with Gasteiger partial charge in [0.25, 0.3) is 0 Å². The zero-order valence-electron chi connectivity index (χ0n) is 14.7. The number of amides is 2. The Morgan fingerprint density at radius 1 is 1.48 bits per heavy atom. The molecule has 2 amide bonds. The summed E-state index contributed by atoms with van der Waals surface area (Å²) in [6.45, 7) is 0.279. The molecule has 0 aromatic carbocycles. The third kappa shape index (κ3) is 4.83. The average molecular weight is 384 g/mol. The van der Waals surface area contributed by atoms with Crippen molar-refractivity contribution in [3.63, 3.8) is 0 Å². The number of hydrogen-bond acceptors (Lipinski definition) is 6. The number of aromatic nitrogens is 1. The van der Waals surface area contributed by atoms with Gasteiger partial charge in [0.15, 0.2) is 0 Å². The number of nitriles is 1. The van der Waals surface area contributed by atoms with Crippen molar-refractivity contribution < 1.29 is 14.3 Å². The van der Waals surface area contributed by atoms with E-state index in [1.165, 1.54) is 11.3 Å². The molecule has 0 saturated heterocycles. The first-order valence-corrected chi connectivity index (χ1v) is 9.54. The maximum Gasteiger partial charge on any atom is 0.404 e. The van der Waals surface area contributed by atoms with Crippen molar-refractivity contribution in [1.29, 1.82) is 5.26 Å². The van der Waals surface area contributed by atoms with Gasteiger partial charge in [0.2, 0.25) is 5.91 Å². The Morgan fingerprint density at radius 2 is 2.33 bits per heavy atom. The van der Waals surface area contributed by atoms with Crippen LogP contribution in [0.15, 0.2) is 24.5 Å². The fourth-order valence-electron chi connectivity index (χ4n) is 3.20. The highest BCUT2D eigenvalue weighted by Gasteiger charge is 2.27. The quantitative estimate of drug-likeness (QED) is 0.794. The summed E-state index contributed by atoms with van der Waals surface area (Å²) in [5.41, 5.74) is 7.58. The Hall–Kier alpha value is -2.92. The van der Waals surface area contributed by atoms with Crippen molar-refractivity contribution in [3.05, 3.63) is 46.1 Å². The third-order valence-electron chi connectivity index (χ3n) is 4.56. The van der Waals surface area contributed by atoms with Crippen LogP contribution in [0.4, 0.5) is 9.80 Å². The molecule has 140 valence electrons. The van der Waals surface area contributed by atoms with Gasteiger partial charge >= 0.3 is 6.09 Å². The van der Waals surface area contributed by atoms with E-state index in [-0.39, 0.29) is 18.4 Å². The van der Waals surface area contributed by atoms with Crippen LogP contribution in [0.25, 0.3) is 0 Å². The SMILES string of the molecule is N#Cc1c(NC(=O)CCc2cccnc2)sc2c1CCC(COC(N)=O)C2. The van der Waals surface area contributed by atoms with Crippen LogP contribution in [-0.2, 0) is 28.8 Å². The molecule has 0 radical (unpaired) electrons. The zero-order chi connectivity index (χ0) is 19.2. The molecule has 3 rings (SSSR count). The lowest BCUT2D eigenvalue weighted by Crippen LogP contribution is -2.23. The van der Waals surface area contributed by atoms with Gasteiger partial charge in [-0.2, -0.15) is 5.26 Å². The molecule has 1 atom stereocenters. The van der Waals surface area contributed by atoms with E-state index in [1.807, 2.05) is 12.1 Å². The highest BCUT2D eigenvalue weighted by Crippen LogP contribution is 2.39. The molecular formula is C19H20N4O3S. The molecular weight excluding hydrogens is 364 g/mol. The van der Waals surface area contributed by atoms with Crippen molar-refractivity contribution >= 4 is 28.3 Å². The second-order valence-electron chi connectivity index (χ2n) is 6.47. The monoisotopic (exact) mass is 384 g/mol. The fourth-order valence-corrected chi connectivity index (χ4v) is 4.52. The van der Waals surface area contributed by atoms with Gasteiger partial charge in [0.05, 0.1) is 12.2 Å². The fraction of sp³-hybridized carbons (Fsp3) is 0.368. The molecule has 0 fully saturated rings.